The zero-order valence-corrected chi connectivity index (χ0v) is 18.4. The van der Waals surface area contributed by atoms with E-state index >= 15 is 0 Å². The number of carbonyl (C=O) groups excluding carboxylic acids is 1. The van der Waals surface area contributed by atoms with E-state index in [0.29, 0.717) is 23.6 Å². The Morgan fingerprint density at radius 2 is 1.82 bits per heavy atom. The van der Waals surface area contributed by atoms with Gasteiger partial charge in [0.1, 0.15) is 17.3 Å². The zero-order valence-electron chi connectivity index (χ0n) is 18.4. The summed E-state index contributed by atoms with van der Waals surface area (Å²) in [6.45, 7) is 1.76. The number of aromatic nitrogens is 2. The van der Waals surface area contributed by atoms with Crippen LogP contribution in [-0.4, -0.2) is 29.2 Å². The molecule has 1 atom stereocenters. The fraction of sp³-hybridized carbons (Fsp3) is 0.292. The van der Waals surface area contributed by atoms with E-state index in [4.69, 9.17) is 4.74 Å². The third-order valence-electron chi connectivity index (χ3n) is 5.18. The highest BCUT2D eigenvalue weighted by molar-refractivity contribution is 5.94. The molecular weight excluding hydrogens is 456 g/mol. The molecule has 6 nitrogen and oxygen atoms in total. The number of alkyl halides is 3. The van der Waals surface area contributed by atoms with Crippen molar-refractivity contribution < 1.29 is 31.8 Å². The van der Waals surface area contributed by atoms with E-state index in [9.17, 15) is 27.2 Å². The molecule has 0 radical (unpaired) electrons. The van der Waals surface area contributed by atoms with Crippen molar-refractivity contribution in [2.75, 3.05) is 7.11 Å². The standard InChI is InChI=1S/C24H22F4N2O4/c1-3-15(16-6-9-21(18(25)11-16)34-24(26,27)28)12-20(31)19-13-23(32)30-22(29-19)10-14-4-7-17(33-2)8-5-14/h4-9,11,13,15H,3,10,12H2,1-2H3,(H,29,30,32)/t15-/m0/s1. The summed E-state index contributed by atoms with van der Waals surface area (Å²) in [7, 11) is 1.55. The molecule has 0 aliphatic heterocycles. The highest BCUT2D eigenvalue weighted by atomic mass is 19.4. The van der Waals surface area contributed by atoms with Crippen LogP contribution in [-0.2, 0) is 6.42 Å². The minimum absolute atomic E-state index is 0.0387. The number of halogens is 4. The van der Waals surface area contributed by atoms with E-state index < -0.39 is 35.2 Å². The largest absolute Gasteiger partial charge is 0.573 e. The monoisotopic (exact) mass is 478 g/mol. The van der Waals surface area contributed by atoms with Crippen molar-refractivity contribution in [3.63, 3.8) is 0 Å². The van der Waals surface area contributed by atoms with Crippen molar-refractivity contribution in [3.05, 3.63) is 87.3 Å². The van der Waals surface area contributed by atoms with Crippen LogP contribution in [0.3, 0.4) is 0 Å². The molecule has 1 heterocycles. The summed E-state index contributed by atoms with van der Waals surface area (Å²) < 4.78 is 60.0. The molecule has 3 aromatic rings. The van der Waals surface area contributed by atoms with Gasteiger partial charge in [0.2, 0.25) is 0 Å². The molecule has 0 aliphatic rings. The summed E-state index contributed by atoms with van der Waals surface area (Å²) in [6.07, 6.45) is -4.43. The number of hydrogen-bond donors (Lipinski definition) is 1. The third-order valence-corrected chi connectivity index (χ3v) is 5.18. The molecule has 0 saturated heterocycles. The predicted molar refractivity (Wildman–Crippen MR) is 116 cm³/mol. The van der Waals surface area contributed by atoms with Gasteiger partial charge in [-0.25, -0.2) is 9.37 Å². The SMILES string of the molecule is CC[C@@H](CC(=O)c1cc(=O)[nH]c(Cc2ccc(OC)cc2)n1)c1ccc(OC(F)(F)F)c(F)c1. The van der Waals surface area contributed by atoms with Gasteiger partial charge < -0.3 is 14.5 Å². The number of Topliss-reactive ketones (excluding diaryl/α,β-unsaturated/α-hetero) is 1. The number of ketones is 1. The molecule has 0 bridgehead atoms. The molecule has 0 fully saturated rings. The lowest BCUT2D eigenvalue weighted by atomic mass is 9.90. The number of H-pyrrole nitrogens is 1. The molecule has 0 spiro atoms. The highest BCUT2D eigenvalue weighted by Crippen LogP contribution is 2.31. The minimum Gasteiger partial charge on any atom is -0.497 e. The van der Waals surface area contributed by atoms with E-state index in [1.54, 1.807) is 38.3 Å². The number of ether oxygens (including phenoxy) is 2. The smallest absolute Gasteiger partial charge is 0.497 e. The van der Waals surface area contributed by atoms with Gasteiger partial charge in [0.25, 0.3) is 5.56 Å². The minimum atomic E-state index is -5.02. The Balaban J connectivity index is 1.77. The number of nitrogens with one attached hydrogen (secondary N) is 1. The molecule has 34 heavy (non-hydrogen) atoms. The zero-order chi connectivity index (χ0) is 24.9. The van der Waals surface area contributed by atoms with Crippen LogP contribution < -0.4 is 15.0 Å². The van der Waals surface area contributed by atoms with Crippen molar-refractivity contribution in [1.82, 2.24) is 9.97 Å². The molecule has 0 unspecified atom stereocenters. The molecule has 3 rings (SSSR count). The molecule has 0 saturated carbocycles. The Kier molecular flexibility index (Phi) is 7.70. The first-order valence-corrected chi connectivity index (χ1v) is 10.4. The highest BCUT2D eigenvalue weighted by Gasteiger charge is 2.32. The lowest BCUT2D eigenvalue weighted by Crippen LogP contribution is -2.18. The summed E-state index contributed by atoms with van der Waals surface area (Å²) in [6, 6.07) is 11.3. The second-order valence-corrected chi connectivity index (χ2v) is 7.57. The fourth-order valence-corrected chi connectivity index (χ4v) is 3.48. The van der Waals surface area contributed by atoms with Gasteiger partial charge in [0.15, 0.2) is 17.3 Å². The Bertz CT molecular complexity index is 1210. The van der Waals surface area contributed by atoms with Crippen LogP contribution in [0.1, 0.15) is 53.1 Å². The van der Waals surface area contributed by atoms with Crippen LogP contribution in [0, 0.1) is 5.82 Å². The summed E-state index contributed by atoms with van der Waals surface area (Å²) in [5, 5.41) is 0. The predicted octanol–water partition coefficient (Wildman–Crippen LogP) is 5.17. The van der Waals surface area contributed by atoms with Gasteiger partial charge in [-0.2, -0.15) is 0 Å². The number of nitrogens with zero attached hydrogens (tertiary/aromatic N) is 1. The van der Waals surface area contributed by atoms with Crippen molar-refractivity contribution in [2.24, 2.45) is 0 Å². The average Bonchev–Trinajstić information content (AvgIpc) is 2.78. The first kappa shape index (κ1) is 24.9. The lowest BCUT2D eigenvalue weighted by molar-refractivity contribution is -0.275. The molecule has 1 aromatic heterocycles. The van der Waals surface area contributed by atoms with Crippen molar-refractivity contribution >= 4 is 5.78 Å². The van der Waals surface area contributed by atoms with Crippen molar-refractivity contribution in [2.45, 2.75) is 38.5 Å². The normalized spacial score (nSPS) is 12.3. The van der Waals surface area contributed by atoms with Gasteiger partial charge in [0, 0.05) is 18.9 Å². The van der Waals surface area contributed by atoms with Crippen LogP contribution in [0.15, 0.2) is 53.3 Å². The number of rotatable bonds is 9. The van der Waals surface area contributed by atoms with Crippen molar-refractivity contribution in [1.29, 1.82) is 0 Å². The molecule has 180 valence electrons. The average molecular weight is 478 g/mol. The topological polar surface area (TPSA) is 81.3 Å². The first-order valence-electron chi connectivity index (χ1n) is 10.4. The number of hydrogen-bond acceptors (Lipinski definition) is 5. The number of carbonyl (C=O) groups is 1. The molecule has 0 amide bonds. The van der Waals surface area contributed by atoms with Gasteiger partial charge in [-0.05, 0) is 47.7 Å². The third kappa shape index (κ3) is 6.66. The maximum Gasteiger partial charge on any atom is 0.573 e. The van der Waals surface area contributed by atoms with Crippen LogP contribution >= 0.6 is 0 Å². The number of aromatic amines is 1. The second kappa shape index (κ2) is 10.5. The summed E-state index contributed by atoms with van der Waals surface area (Å²) in [5.41, 5.74) is 0.653. The summed E-state index contributed by atoms with van der Waals surface area (Å²) >= 11 is 0. The molecular formula is C24H22F4N2O4. The number of methoxy groups -OCH3 is 1. The summed E-state index contributed by atoms with van der Waals surface area (Å²) in [4.78, 5) is 31.8. The van der Waals surface area contributed by atoms with Gasteiger partial charge in [-0.3, -0.25) is 9.59 Å². The molecule has 2 aromatic carbocycles. The lowest BCUT2D eigenvalue weighted by Gasteiger charge is -2.16. The van der Waals surface area contributed by atoms with Gasteiger partial charge >= 0.3 is 6.36 Å². The Hall–Kier alpha value is -3.69. The van der Waals surface area contributed by atoms with Gasteiger partial charge in [-0.15, -0.1) is 13.2 Å². The van der Waals surface area contributed by atoms with E-state index in [2.05, 4.69) is 14.7 Å². The Morgan fingerprint density at radius 3 is 2.41 bits per heavy atom. The summed E-state index contributed by atoms with van der Waals surface area (Å²) in [5.74, 6) is -2.09. The maximum absolute atomic E-state index is 14.1. The van der Waals surface area contributed by atoms with E-state index in [1.165, 1.54) is 6.07 Å². The van der Waals surface area contributed by atoms with Gasteiger partial charge in [-0.1, -0.05) is 25.1 Å². The fourth-order valence-electron chi connectivity index (χ4n) is 3.48. The quantitative estimate of drug-likeness (QED) is 0.339. The van der Waals surface area contributed by atoms with E-state index in [-0.39, 0.29) is 18.5 Å². The van der Waals surface area contributed by atoms with E-state index in [0.717, 1.165) is 23.8 Å². The second-order valence-electron chi connectivity index (χ2n) is 7.57. The first-order chi connectivity index (χ1) is 16.1. The van der Waals surface area contributed by atoms with Crippen LogP contribution in [0.5, 0.6) is 11.5 Å². The Labute approximate surface area is 192 Å². The number of benzene rings is 2. The Morgan fingerprint density at radius 1 is 1.12 bits per heavy atom. The van der Waals surface area contributed by atoms with Crippen molar-refractivity contribution in [3.8, 4) is 11.5 Å². The molecule has 10 heteroatoms. The van der Waals surface area contributed by atoms with Crippen LogP contribution in [0.25, 0.3) is 0 Å². The van der Waals surface area contributed by atoms with Gasteiger partial charge in [0.05, 0.1) is 7.11 Å². The van der Waals surface area contributed by atoms with Crippen LogP contribution in [0.4, 0.5) is 17.6 Å². The molecule has 1 N–H and O–H groups in total. The molecule has 0 aliphatic carbocycles. The van der Waals surface area contributed by atoms with Crippen LogP contribution in [0.2, 0.25) is 0 Å². The van der Waals surface area contributed by atoms with E-state index in [1.807, 2.05) is 0 Å². The maximum atomic E-state index is 14.1.